The van der Waals surface area contributed by atoms with Crippen LogP contribution in [0.25, 0.3) is 0 Å². The summed E-state index contributed by atoms with van der Waals surface area (Å²) >= 11 is 0. The zero-order valence-electron chi connectivity index (χ0n) is 6.50. The summed E-state index contributed by atoms with van der Waals surface area (Å²) in [6.45, 7) is 3.31. The van der Waals surface area contributed by atoms with E-state index < -0.39 is 0 Å². The van der Waals surface area contributed by atoms with Gasteiger partial charge in [-0.3, -0.25) is 4.79 Å². The predicted molar refractivity (Wildman–Crippen MR) is 47.2 cm³/mol. The normalized spacial score (nSPS) is 9.00. The highest BCUT2D eigenvalue weighted by Crippen LogP contribution is 2.04. The quantitative estimate of drug-likeness (QED) is 0.633. The van der Waals surface area contributed by atoms with Crippen LogP contribution in [0.5, 0.6) is 0 Å². The van der Waals surface area contributed by atoms with E-state index in [1.54, 1.807) is 24.3 Å². The van der Waals surface area contributed by atoms with Crippen LogP contribution in [-0.2, 0) is 4.79 Å². The van der Waals surface area contributed by atoms with Crippen LogP contribution in [-0.4, -0.2) is 5.91 Å². The highest BCUT2D eigenvalue weighted by atomic mass is 16.1. The molecule has 0 heterocycles. The number of rotatable bonds is 2. The smallest absolute Gasteiger partial charge is 0.270 e. The molecule has 0 aliphatic rings. The van der Waals surface area contributed by atoms with Crippen LogP contribution < -0.4 is 11.1 Å². The summed E-state index contributed by atoms with van der Waals surface area (Å²) in [4.78, 5) is 11.0. The van der Waals surface area contributed by atoms with Crippen LogP contribution >= 0.6 is 0 Å². The van der Waals surface area contributed by atoms with Crippen molar-refractivity contribution in [1.29, 1.82) is 0 Å². The fraction of sp³-hybridized carbons (Fsp3) is 0. The van der Waals surface area contributed by atoms with E-state index in [4.69, 9.17) is 5.73 Å². The van der Waals surface area contributed by atoms with Crippen LogP contribution in [0, 0.1) is 6.07 Å². The van der Waals surface area contributed by atoms with E-state index in [1.807, 2.05) is 0 Å². The molecule has 0 bridgehead atoms. The zero-order valence-corrected chi connectivity index (χ0v) is 6.50. The van der Waals surface area contributed by atoms with Crippen molar-refractivity contribution in [3.05, 3.63) is 42.6 Å². The monoisotopic (exact) mass is 161 g/mol. The van der Waals surface area contributed by atoms with Gasteiger partial charge in [-0.15, -0.1) is 0 Å². The molecule has 0 spiro atoms. The molecule has 3 heteroatoms. The Morgan fingerprint density at radius 3 is 2.58 bits per heavy atom. The summed E-state index contributed by atoms with van der Waals surface area (Å²) in [5, 5.41) is 2.56. The fourth-order valence-electron chi connectivity index (χ4n) is 0.682. The van der Waals surface area contributed by atoms with Gasteiger partial charge in [0.2, 0.25) is 0 Å². The van der Waals surface area contributed by atoms with Gasteiger partial charge in [-0.2, -0.15) is 0 Å². The molecule has 0 saturated carbocycles. The van der Waals surface area contributed by atoms with Crippen molar-refractivity contribution in [1.82, 2.24) is 0 Å². The highest BCUT2D eigenvalue weighted by molar-refractivity contribution is 6.02. The lowest BCUT2D eigenvalue weighted by Gasteiger charge is -2.02. The van der Waals surface area contributed by atoms with E-state index in [9.17, 15) is 4.79 Å². The lowest BCUT2D eigenvalue weighted by atomic mass is 10.3. The van der Waals surface area contributed by atoms with E-state index >= 15 is 0 Å². The van der Waals surface area contributed by atoms with Gasteiger partial charge in [0.1, 0.15) is 0 Å². The maximum Gasteiger partial charge on any atom is 0.270 e. The molecule has 3 nitrogen and oxygen atoms in total. The van der Waals surface area contributed by atoms with Crippen LogP contribution in [0.2, 0.25) is 0 Å². The Kier molecular flexibility index (Phi) is 2.48. The van der Waals surface area contributed by atoms with Gasteiger partial charge in [0, 0.05) is 5.69 Å². The standard InChI is InChI=1S/C9H9N2O/c1-7(10)9(12)11-8-5-3-2-4-6-8/h3-6H,1,10H2,(H,11,12). The van der Waals surface area contributed by atoms with Gasteiger partial charge in [-0.05, 0) is 18.2 Å². The van der Waals surface area contributed by atoms with Gasteiger partial charge < -0.3 is 11.1 Å². The first-order valence-electron chi connectivity index (χ1n) is 3.42. The van der Waals surface area contributed by atoms with Gasteiger partial charge in [-0.25, -0.2) is 0 Å². The van der Waals surface area contributed by atoms with Crippen LogP contribution in [0.4, 0.5) is 5.69 Å². The molecule has 1 amide bonds. The van der Waals surface area contributed by atoms with E-state index in [1.165, 1.54) is 0 Å². The maximum atomic E-state index is 11.0. The molecule has 1 radical (unpaired) electrons. The second kappa shape index (κ2) is 3.57. The average molecular weight is 161 g/mol. The SMILES string of the molecule is C=C(N)C(=O)Nc1cc[c]cc1. The number of hydrogen-bond donors (Lipinski definition) is 2. The summed E-state index contributed by atoms with van der Waals surface area (Å²) in [7, 11) is 0. The summed E-state index contributed by atoms with van der Waals surface area (Å²) in [6.07, 6.45) is 0. The topological polar surface area (TPSA) is 55.1 Å². The minimum absolute atomic E-state index is 0.00262. The Morgan fingerprint density at radius 1 is 1.50 bits per heavy atom. The first kappa shape index (κ1) is 8.33. The van der Waals surface area contributed by atoms with Gasteiger partial charge in [0.05, 0.1) is 5.70 Å². The fourth-order valence-corrected chi connectivity index (χ4v) is 0.682. The second-order valence-corrected chi connectivity index (χ2v) is 2.27. The highest BCUT2D eigenvalue weighted by Gasteiger charge is 2.00. The van der Waals surface area contributed by atoms with Crippen LogP contribution in [0.3, 0.4) is 0 Å². The lowest BCUT2D eigenvalue weighted by molar-refractivity contribution is -0.112. The van der Waals surface area contributed by atoms with Gasteiger partial charge in [-0.1, -0.05) is 18.7 Å². The third-order valence-corrected chi connectivity index (χ3v) is 1.27. The average Bonchev–Trinajstić information content (AvgIpc) is 2.06. The van der Waals surface area contributed by atoms with Crippen molar-refractivity contribution in [3.63, 3.8) is 0 Å². The molecule has 0 saturated heterocycles. The Balaban J connectivity index is 2.65. The predicted octanol–water partition coefficient (Wildman–Crippen LogP) is 0.898. The number of benzene rings is 1. The number of anilines is 1. The van der Waals surface area contributed by atoms with E-state index in [-0.39, 0.29) is 11.6 Å². The van der Waals surface area contributed by atoms with Crippen LogP contribution in [0.1, 0.15) is 0 Å². The number of amides is 1. The number of carbonyl (C=O) groups excluding carboxylic acids is 1. The van der Waals surface area contributed by atoms with Gasteiger partial charge in [0.25, 0.3) is 5.91 Å². The Labute approximate surface area is 70.9 Å². The zero-order chi connectivity index (χ0) is 8.97. The molecule has 0 atom stereocenters. The van der Waals surface area contributed by atoms with Gasteiger partial charge >= 0.3 is 0 Å². The first-order valence-corrected chi connectivity index (χ1v) is 3.42. The Bertz CT molecular complexity index is 293. The molecule has 12 heavy (non-hydrogen) atoms. The molecular weight excluding hydrogens is 152 g/mol. The Hall–Kier alpha value is -1.77. The summed E-state index contributed by atoms with van der Waals surface area (Å²) in [5.41, 5.74) is 5.86. The van der Waals surface area contributed by atoms with Gasteiger partial charge in [0.15, 0.2) is 0 Å². The molecule has 0 unspecified atom stereocenters. The number of nitrogens with one attached hydrogen (secondary N) is 1. The third kappa shape index (κ3) is 2.12. The minimum atomic E-state index is -0.374. The Morgan fingerprint density at radius 2 is 2.08 bits per heavy atom. The molecule has 1 rings (SSSR count). The van der Waals surface area contributed by atoms with E-state index in [0.717, 1.165) is 0 Å². The number of hydrogen-bond acceptors (Lipinski definition) is 2. The molecule has 0 aromatic heterocycles. The molecular formula is C9H9N2O. The third-order valence-electron chi connectivity index (χ3n) is 1.27. The van der Waals surface area contributed by atoms with Crippen molar-refractivity contribution in [3.8, 4) is 0 Å². The van der Waals surface area contributed by atoms with E-state index in [2.05, 4.69) is 18.0 Å². The van der Waals surface area contributed by atoms with Crippen LogP contribution in [0.15, 0.2) is 36.5 Å². The summed E-state index contributed by atoms with van der Waals surface area (Å²) < 4.78 is 0. The molecule has 0 fully saturated rings. The molecule has 0 aliphatic heterocycles. The van der Waals surface area contributed by atoms with Crippen molar-refractivity contribution in [2.45, 2.75) is 0 Å². The molecule has 1 aromatic carbocycles. The first-order chi connectivity index (χ1) is 5.70. The number of carbonyl (C=O) groups is 1. The van der Waals surface area contributed by atoms with E-state index in [0.29, 0.717) is 5.69 Å². The van der Waals surface area contributed by atoms with Crippen molar-refractivity contribution >= 4 is 11.6 Å². The summed E-state index contributed by atoms with van der Waals surface area (Å²) in [5.74, 6) is -0.374. The second-order valence-electron chi connectivity index (χ2n) is 2.27. The number of nitrogens with two attached hydrogens (primary N) is 1. The molecule has 3 N–H and O–H groups in total. The largest absolute Gasteiger partial charge is 0.395 e. The van der Waals surface area contributed by atoms with Crippen molar-refractivity contribution in [2.24, 2.45) is 5.73 Å². The van der Waals surface area contributed by atoms with Crippen molar-refractivity contribution < 1.29 is 4.79 Å². The molecule has 1 aromatic rings. The summed E-state index contributed by atoms with van der Waals surface area (Å²) in [6, 6.07) is 9.68. The molecule has 0 aliphatic carbocycles. The minimum Gasteiger partial charge on any atom is -0.395 e. The van der Waals surface area contributed by atoms with Crippen molar-refractivity contribution in [2.75, 3.05) is 5.32 Å². The molecule has 61 valence electrons. The maximum absolute atomic E-state index is 11.0. The lowest BCUT2D eigenvalue weighted by Crippen LogP contribution is -2.18.